The van der Waals surface area contributed by atoms with Crippen molar-refractivity contribution in [3.8, 4) is 5.75 Å². The molecule has 36 heavy (non-hydrogen) atoms. The number of ketones is 1. The summed E-state index contributed by atoms with van der Waals surface area (Å²) in [5.74, 6) is -1.43. The SMILES string of the molecule is COc1ccc(Cl)cc1/C(O)=C1\C(=O)C(=O)N(c2ccc(N3CCCC3)cc2)C1c1cccc(C)c1. The Kier molecular flexibility index (Phi) is 6.46. The number of aliphatic hydroxyl groups is 1. The fraction of sp³-hybridized carbons (Fsp3) is 0.241. The van der Waals surface area contributed by atoms with Crippen LogP contribution in [0.4, 0.5) is 11.4 Å². The highest BCUT2D eigenvalue weighted by Gasteiger charge is 2.47. The summed E-state index contributed by atoms with van der Waals surface area (Å²) in [6.07, 6.45) is 2.33. The number of methoxy groups -OCH3 is 1. The first-order valence-corrected chi connectivity index (χ1v) is 12.3. The molecule has 0 bridgehead atoms. The Balaban J connectivity index is 1.67. The smallest absolute Gasteiger partial charge is 0.300 e. The minimum Gasteiger partial charge on any atom is -0.507 e. The van der Waals surface area contributed by atoms with Crippen molar-refractivity contribution in [1.82, 2.24) is 0 Å². The molecule has 0 saturated carbocycles. The monoisotopic (exact) mass is 502 g/mol. The molecule has 2 saturated heterocycles. The van der Waals surface area contributed by atoms with Crippen LogP contribution < -0.4 is 14.5 Å². The van der Waals surface area contributed by atoms with Gasteiger partial charge in [-0.15, -0.1) is 0 Å². The van der Waals surface area contributed by atoms with E-state index in [1.54, 1.807) is 12.1 Å². The van der Waals surface area contributed by atoms with E-state index in [1.165, 1.54) is 18.1 Å². The van der Waals surface area contributed by atoms with E-state index >= 15 is 0 Å². The number of nitrogens with zero attached hydrogens (tertiary/aromatic N) is 2. The van der Waals surface area contributed by atoms with E-state index in [2.05, 4.69) is 4.90 Å². The molecule has 1 atom stereocenters. The first-order chi connectivity index (χ1) is 17.4. The Morgan fingerprint density at radius 2 is 1.67 bits per heavy atom. The van der Waals surface area contributed by atoms with Crippen LogP contribution in [0.1, 0.15) is 35.6 Å². The highest BCUT2D eigenvalue weighted by Crippen LogP contribution is 2.44. The van der Waals surface area contributed by atoms with Gasteiger partial charge in [-0.1, -0.05) is 41.4 Å². The minimum atomic E-state index is -0.814. The van der Waals surface area contributed by atoms with Crippen LogP contribution in [-0.4, -0.2) is 37.0 Å². The number of anilines is 2. The average molecular weight is 503 g/mol. The van der Waals surface area contributed by atoms with Crippen molar-refractivity contribution in [2.75, 3.05) is 30.0 Å². The number of carbonyl (C=O) groups excluding carboxylic acids is 2. The fourth-order valence-corrected chi connectivity index (χ4v) is 5.24. The molecule has 1 amide bonds. The van der Waals surface area contributed by atoms with Gasteiger partial charge in [0.05, 0.1) is 24.3 Å². The molecule has 0 aromatic heterocycles. The standard InChI is InChI=1S/C29H27ClN2O4/c1-18-6-5-7-19(16-18)26-25(27(33)23-17-20(30)8-13-24(23)36-2)28(34)29(35)32(26)22-11-9-21(10-12-22)31-14-3-4-15-31/h5-13,16-17,26,33H,3-4,14-15H2,1-2H3/b27-25+. The molecule has 6 nitrogen and oxygen atoms in total. The number of aryl methyl sites for hydroxylation is 1. The lowest BCUT2D eigenvalue weighted by atomic mass is 9.94. The van der Waals surface area contributed by atoms with E-state index < -0.39 is 17.7 Å². The Morgan fingerprint density at radius 1 is 0.972 bits per heavy atom. The summed E-state index contributed by atoms with van der Waals surface area (Å²) in [6.45, 7) is 3.96. The van der Waals surface area contributed by atoms with Gasteiger partial charge in [-0.2, -0.15) is 0 Å². The number of amides is 1. The number of aliphatic hydroxyl groups excluding tert-OH is 1. The third-order valence-electron chi connectivity index (χ3n) is 6.82. The van der Waals surface area contributed by atoms with Gasteiger partial charge in [-0.25, -0.2) is 0 Å². The van der Waals surface area contributed by atoms with E-state index in [0.717, 1.165) is 42.7 Å². The van der Waals surface area contributed by atoms with Crippen LogP contribution in [0.15, 0.2) is 72.3 Å². The van der Waals surface area contributed by atoms with Crippen LogP contribution >= 0.6 is 11.6 Å². The van der Waals surface area contributed by atoms with Gasteiger partial charge in [0.1, 0.15) is 11.5 Å². The van der Waals surface area contributed by atoms with Crippen molar-refractivity contribution in [3.63, 3.8) is 0 Å². The molecular weight excluding hydrogens is 476 g/mol. The summed E-state index contributed by atoms with van der Waals surface area (Å²) in [5.41, 5.74) is 3.62. The molecule has 0 spiro atoms. The summed E-state index contributed by atoms with van der Waals surface area (Å²) in [7, 11) is 1.47. The van der Waals surface area contributed by atoms with E-state index in [0.29, 0.717) is 16.5 Å². The van der Waals surface area contributed by atoms with Crippen molar-refractivity contribution >= 4 is 40.4 Å². The zero-order chi connectivity index (χ0) is 25.4. The molecule has 0 aliphatic carbocycles. The average Bonchev–Trinajstić information content (AvgIpc) is 3.51. The Labute approximate surface area is 215 Å². The highest BCUT2D eigenvalue weighted by molar-refractivity contribution is 6.51. The van der Waals surface area contributed by atoms with Gasteiger partial charge < -0.3 is 14.7 Å². The predicted octanol–water partition coefficient (Wildman–Crippen LogP) is 5.88. The summed E-state index contributed by atoms with van der Waals surface area (Å²) in [5, 5.41) is 11.8. The van der Waals surface area contributed by atoms with Crippen molar-refractivity contribution < 1.29 is 19.4 Å². The van der Waals surface area contributed by atoms with Gasteiger partial charge in [0.25, 0.3) is 11.7 Å². The van der Waals surface area contributed by atoms with Crippen LogP contribution in [0, 0.1) is 6.92 Å². The third-order valence-corrected chi connectivity index (χ3v) is 7.05. The van der Waals surface area contributed by atoms with Crippen LogP contribution in [0.2, 0.25) is 5.02 Å². The maximum atomic E-state index is 13.4. The molecule has 2 fully saturated rings. The Hall–Kier alpha value is -3.77. The Morgan fingerprint density at radius 3 is 2.33 bits per heavy atom. The largest absolute Gasteiger partial charge is 0.507 e. The molecule has 1 unspecified atom stereocenters. The maximum absolute atomic E-state index is 13.4. The lowest BCUT2D eigenvalue weighted by Gasteiger charge is -2.26. The van der Waals surface area contributed by atoms with Crippen LogP contribution in [0.3, 0.4) is 0 Å². The van der Waals surface area contributed by atoms with E-state index in [4.69, 9.17) is 16.3 Å². The van der Waals surface area contributed by atoms with Gasteiger partial charge in [0.15, 0.2) is 0 Å². The second kappa shape index (κ2) is 9.70. The molecule has 3 aromatic carbocycles. The number of Topliss-reactive ketones (excluding diaryl/α,β-unsaturated/α-hetero) is 1. The summed E-state index contributed by atoms with van der Waals surface area (Å²) < 4.78 is 5.41. The quantitative estimate of drug-likeness (QED) is 0.268. The number of benzene rings is 3. The number of rotatable bonds is 5. The number of hydrogen-bond acceptors (Lipinski definition) is 5. The fourth-order valence-electron chi connectivity index (χ4n) is 5.06. The lowest BCUT2D eigenvalue weighted by Crippen LogP contribution is -2.29. The normalized spacial score (nSPS) is 19.2. The number of ether oxygens (including phenoxy) is 1. The topological polar surface area (TPSA) is 70.1 Å². The summed E-state index contributed by atoms with van der Waals surface area (Å²) >= 11 is 6.20. The van der Waals surface area contributed by atoms with Crippen molar-refractivity contribution in [2.45, 2.75) is 25.8 Å². The molecule has 2 aliphatic heterocycles. The van der Waals surface area contributed by atoms with Crippen LogP contribution in [0.5, 0.6) is 5.75 Å². The zero-order valence-corrected chi connectivity index (χ0v) is 21.0. The molecule has 7 heteroatoms. The van der Waals surface area contributed by atoms with E-state index in [-0.39, 0.29) is 16.9 Å². The van der Waals surface area contributed by atoms with E-state index in [1.807, 2.05) is 55.5 Å². The summed E-state index contributed by atoms with van der Waals surface area (Å²) in [4.78, 5) is 30.7. The molecular formula is C29H27ClN2O4. The molecule has 1 N–H and O–H groups in total. The molecule has 2 heterocycles. The van der Waals surface area contributed by atoms with E-state index in [9.17, 15) is 14.7 Å². The first-order valence-electron chi connectivity index (χ1n) is 12.0. The predicted molar refractivity (Wildman–Crippen MR) is 142 cm³/mol. The third kappa shape index (κ3) is 4.22. The number of carbonyl (C=O) groups is 2. The second-order valence-corrected chi connectivity index (χ2v) is 9.57. The maximum Gasteiger partial charge on any atom is 0.300 e. The van der Waals surface area contributed by atoms with Crippen molar-refractivity contribution in [1.29, 1.82) is 0 Å². The molecule has 3 aromatic rings. The minimum absolute atomic E-state index is 0.00483. The molecule has 5 rings (SSSR count). The van der Waals surface area contributed by atoms with Crippen LogP contribution in [-0.2, 0) is 9.59 Å². The zero-order valence-electron chi connectivity index (χ0n) is 20.2. The lowest BCUT2D eigenvalue weighted by molar-refractivity contribution is -0.132. The van der Waals surface area contributed by atoms with Crippen LogP contribution in [0.25, 0.3) is 5.76 Å². The van der Waals surface area contributed by atoms with Crippen molar-refractivity contribution in [2.24, 2.45) is 0 Å². The summed E-state index contributed by atoms with van der Waals surface area (Å²) in [6, 6.07) is 19.3. The second-order valence-electron chi connectivity index (χ2n) is 9.14. The van der Waals surface area contributed by atoms with Gasteiger partial charge in [0, 0.05) is 29.5 Å². The van der Waals surface area contributed by atoms with Gasteiger partial charge in [-0.3, -0.25) is 14.5 Å². The number of hydrogen-bond donors (Lipinski definition) is 1. The van der Waals surface area contributed by atoms with Gasteiger partial charge in [-0.05, 0) is 67.8 Å². The number of halogens is 1. The molecule has 184 valence electrons. The Bertz CT molecular complexity index is 1360. The molecule has 2 aliphatic rings. The first kappa shape index (κ1) is 23.9. The van der Waals surface area contributed by atoms with Gasteiger partial charge >= 0.3 is 0 Å². The highest BCUT2D eigenvalue weighted by atomic mass is 35.5. The van der Waals surface area contributed by atoms with Gasteiger partial charge in [0.2, 0.25) is 0 Å². The molecule has 0 radical (unpaired) electrons. The van der Waals surface area contributed by atoms with Crippen molar-refractivity contribution in [3.05, 3.63) is 94.0 Å².